The van der Waals surface area contributed by atoms with Gasteiger partial charge in [0.1, 0.15) is 5.76 Å². The maximum atomic E-state index is 12.1. The van der Waals surface area contributed by atoms with Crippen LogP contribution in [0.15, 0.2) is 51.3 Å². The molecule has 3 rings (SSSR count). The topological polar surface area (TPSA) is 76.4 Å². The fraction of sp³-hybridized carbons (Fsp3) is 0.0714. The molecule has 0 spiro atoms. The van der Waals surface area contributed by atoms with Crippen LogP contribution in [0.4, 0.5) is 0 Å². The number of fused-ring (bicyclic) bond motifs is 1. The number of nitrogens with one attached hydrogen (secondary N) is 1. The van der Waals surface area contributed by atoms with Crippen LogP contribution in [0.5, 0.6) is 0 Å². The van der Waals surface area contributed by atoms with Crippen molar-refractivity contribution in [2.24, 2.45) is 0 Å². The minimum atomic E-state index is -3.40. The lowest BCUT2D eigenvalue weighted by molar-refractivity contribution is 0.0947. The van der Waals surface area contributed by atoms with Gasteiger partial charge in [0.2, 0.25) is 0 Å². The third-order valence-electron chi connectivity index (χ3n) is 3.03. The molecule has 1 aliphatic rings. The molecule has 20 heavy (non-hydrogen) atoms. The van der Waals surface area contributed by atoms with Crippen LogP contribution in [-0.2, 0) is 16.4 Å². The Bertz CT molecular complexity index is 789. The second-order valence-corrected chi connectivity index (χ2v) is 6.13. The van der Waals surface area contributed by atoms with Gasteiger partial charge in [0.15, 0.2) is 9.84 Å². The van der Waals surface area contributed by atoms with Crippen LogP contribution < -0.4 is 5.32 Å². The lowest BCUT2D eigenvalue weighted by Crippen LogP contribution is -2.23. The Morgan fingerprint density at radius 2 is 2.05 bits per heavy atom. The Balaban J connectivity index is 1.87. The smallest absolute Gasteiger partial charge is 0.252 e. The Labute approximate surface area is 115 Å². The highest BCUT2D eigenvalue weighted by Crippen LogP contribution is 2.29. The van der Waals surface area contributed by atoms with Gasteiger partial charge in [0.25, 0.3) is 5.91 Å². The first kappa shape index (κ1) is 12.7. The first-order valence-electron chi connectivity index (χ1n) is 5.95. The summed E-state index contributed by atoms with van der Waals surface area (Å²) in [6, 6.07) is 8.14. The highest BCUT2D eigenvalue weighted by molar-refractivity contribution is 7.94. The number of sulfone groups is 1. The molecule has 0 atom stereocenters. The Kier molecular flexibility index (Phi) is 2.94. The fourth-order valence-electron chi connectivity index (χ4n) is 2.07. The third-order valence-corrected chi connectivity index (χ3v) is 4.50. The van der Waals surface area contributed by atoms with E-state index < -0.39 is 9.84 Å². The van der Waals surface area contributed by atoms with Gasteiger partial charge in [0, 0.05) is 16.5 Å². The summed E-state index contributed by atoms with van der Waals surface area (Å²) in [5.74, 6) is 0.300. The second-order valence-electron chi connectivity index (χ2n) is 4.33. The van der Waals surface area contributed by atoms with E-state index in [1.807, 2.05) is 0 Å². The Hall–Kier alpha value is -2.34. The van der Waals surface area contributed by atoms with Crippen molar-refractivity contribution in [3.8, 4) is 0 Å². The lowest BCUT2D eigenvalue weighted by Gasteiger charge is -2.07. The number of carbonyl (C=O) groups is 1. The molecule has 1 aromatic heterocycles. The zero-order valence-electron chi connectivity index (χ0n) is 10.4. The van der Waals surface area contributed by atoms with Crippen molar-refractivity contribution < 1.29 is 17.6 Å². The van der Waals surface area contributed by atoms with Crippen LogP contribution in [-0.4, -0.2) is 14.3 Å². The van der Waals surface area contributed by atoms with E-state index in [-0.39, 0.29) is 17.3 Å². The molecular formula is C14H11NO4S. The second kappa shape index (κ2) is 4.64. The molecule has 0 fully saturated rings. The molecular weight excluding hydrogens is 278 g/mol. The van der Waals surface area contributed by atoms with Gasteiger partial charge in [-0.2, -0.15) is 0 Å². The van der Waals surface area contributed by atoms with Crippen LogP contribution in [0.3, 0.4) is 0 Å². The number of amides is 1. The molecule has 1 aliphatic heterocycles. The predicted octanol–water partition coefficient (Wildman–Crippen LogP) is 1.97. The first-order valence-corrected chi connectivity index (χ1v) is 7.49. The minimum absolute atomic E-state index is 0.170. The quantitative estimate of drug-likeness (QED) is 0.937. The summed E-state index contributed by atoms with van der Waals surface area (Å²) in [5.41, 5.74) is 0.774. The van der Waals surface area contributed by atoms with Gasteiger partial charge in [-0.05, 0) is 30.3 Å². The molecule has 0 unspecified atom stereocenters. The van der Waals surface area contributed by atoms with Crippen LogP contribution in [0.2, 0.25) is 0 Å². The van der Waals surface area contributed by atoms with E-state index in [2.05, 4.69) is 5.32 Å². The maximum absolute atomic E-state index is 12.1. The number of carbonyl (C=O) groups excluding carboxylic acids is 1. The van der Waals surface area contributed by atoms with E-state index in [4.69, 9.17) is 4.42 Å². The van der Waals surface area contributed by atoms with Gasteiger partial charge in [-0.25, -0.2) is 8.42 Å². The number of furan rings is 1. The SMILES string of the molecule is O=C(NCc1ccco1)c1cccc2c1C=CS2(=O)=O. The minimum Gasteiger partial charge on any atom is -0.467 e. The average Bonchev–Trinajstić information content (AvgIpc) is 3.04. The fourth-order valence-corrected chi connectivity index (χ4v) is 3.28. The molecule has 1 amide bonds. The van der Waals surface area contributed by atoms with Gasteiger partial charge in [-0.3, -0.25) is 4.79 Å². The van der Waals surface area contributed by atoms with E-state index in [9.17, 15) is 13.2 Å². The largest absolute Gasteiger partial charge is 0.467 e. The average molecular weight is 289 g/mol. The summed E-state index contributed by atoms with van der Waals surface area (Å²) >= 11 is 0. The van der Waals surface area contributed by atoms with Crippen molar-refractivity contribution in [1.29, 1.82) is 0 Å². The van der Waals surface area contributed by atoms with Crippen molar-refractivity contribution in [3.63, 3.8) is 0 Å². The summed E-state index contributed by atoms with van der Waals surface area (Å²) in [7, 11) is -3.40. The van der Waals surface area contributed by atoms with Crippen LogP contribution >= 0.6 is 0 Å². The van der Waals surface area contributed by atoms with Crippen LogP contribution in [0, 0.1) is 0 Å². The Morgan fingerprint density at radius 3 is 2.80 bits per heavy atom. The van der Waals surface area contributed by atoms with Crippen LogP contribution in [0.25, 0.3) is 6.08 Å². The summed E-state index contributed by atoms with van der Waals surface area (Å²) in [6.07, 6.45) is 2.98. The van der Waals surface area contributed by atoms with Gasteiger partial charge in [0.05, 0.1) is 17.7 Å². The predicted molar refractivity (Wildman–Crippen MR) is 72.5 cm³/mol. The monoisotopic (exact) mass is 289 g/mol. The van der Waals surface area contributed by atoms with Gasteiger partial charge < -0.3 is 9.73 Å². The van der Waals surface area contributed by atoms with E-state index in [1.165, 1.54) is 18.4 Å². The van der Waals surface area contributed by atoms with Gasteiger partial charge >= 0.3 is 0 Å². The molecule has 0 bridgehead atoms. The lowest BCUT2D eigenvalue weighted by atomic mass is 10.1. The van der Waals surface area contributed by atoms with E-state index in [0.29, 0.717) is 16.9 Å². The van der Waals surface area contributed by atoms with Crippen molar-refractivity contribution in [1.82, 2.24) is 5.32 Å². The molecule has 102 valence electrons. The number of hydrogen-bond acceptors (Lipinski definition) is 4. The number of hydrogen-bond donors (Lipinski definition) is 1. The van der Waals surface area contributed by atoms with E-state index in [0.717, 1.165) is 5.41 Å². The van der Waals surface area contributed by atoms with Crippen LogP contribution in [0.1, 0.15) is 21.7 Å². The number of rotatable bonds is 3. The van der Waals surface area contributed by atoms with E-state index >= 15 is 0 Å². The van der Waals surface area contributed by atoms with Gasteiger partial charge in [-0.15, -0.1) is 0 Å². The summed E-state index contributed by atoms with van der Waals surface area (Å²) in [4.78, 5) is 12.3. The third kappa shape index (κ3) is 2.14. The van der Waals surface area contributed by atoms with Gasteiger partial charge in [-0.1, -0.05) is 6.07 Å². The molecule has 0 aliphatic carbocycles. The molecule has 1 aromatic carbocycles. The van der Waals surface area contributed by atoms with Crippen molar-refractivity contribution in [3.05, 3.63) is 58.9 Å². The highest BCUT2D eigenvalue weighted by Gasteiger charge is 2.24. The molecule has 1 N–H and O–H groups in total. The normalized spacial score (nSPS) is 15.0. The summed E-state index contributed by atoms with van der Waals surface area (Å²) in [5, 5.41) is 3.81. The van der Waals surface area contributed by atoms with Crippen molar-refractivity contribution in [2.45, 2.75) is 11.4 Å². The summed E-state index contributed by atoms with van der Waals surface area (Å²) in [6.45, 7) is 0.256. The molecule has 0 saturated heterocycles. The molecule has 0 radical (unpaired) electrons. The van der Waals surface area contributed by atoms with Crippen molar-refractivity contribution >= 4 is 21.8 Å². The molecule has 0 saturated carbocycles. The van der Waals surface area contributed by atoms with E-state index in [1.54, 1.807) is 24.3 Å². The standard InChI is InChI=1S/C14H11NO4S/c16-14(15-9-10-3-2-7-19-10)12-4-1-5-13-11(12)6-8-20(13,17)18/h1-8H,9H2,(H,15,16). The first-order chi connectivity index (χ1) is 9.58. The zero-order valence-corrected chi connectivity index (χ0v) is 11.2. The zero-order chi connectivity index (χ0) is 14.2. The molecule has 2 heterocycles. The number of benzene rings is 1. The maximum Gasteiger partial charge on any atom is 0.252 e. The molecule has 5 nitrogen and oxygen atoms in total. The Morgan fingerprint density at radius 1 is 1.20 bits per heavy atom. The molecule has 2 aromatic rings. The molecule has 6 heteroatoms. The summed E-state index contributed by atoms with van der Waals surface area (Å²) < 4.78 is 28.6. The van der Waals surface area contributed by atoms with Crippen molar-refractivity contribution in [2.75, 3.05) is 0 Å². The highest BCUT2D eigenvalue weighted by atomic mass is 32.2.